The lowest BCUT2D eigenvalue weighted by Crippen LogP contribution is -2.55. The Kier molecular flexibility index (Phi) is 10.6. The maximum Gasteiger partial charge on any atom is 0.264 e. The molecule has 3 aromatic rings. The summed E-state index contributed by atoms with van der Waals surface area (Å²) in [4.78, 5) is 28.7. The Bertz CT molecular complexity index is 1470. The highest BCUT2D eigenvalue weighted by molar-refractivity contribution is 7.92. The van der Waals surface area contributed by atoms with E-state index in [1.807, 2.05) is 58.0 Å². The van der Waals surface area contributed by atoms with E-state index >= 15 is 0 Å². The predicted octanol–water partition coefficient (Wildman–Crippen LogP) is 4.58. The lowest BCUT2D eigenvalue weighted by atomic mass is 10.1. The number of nitrogens with one attached hydrogen (secondary N) is 1. The van der Waals surface area contributed by atoms with Gasteiger partial charge in [0.15, 0.2) is 11.5 Å². The van der Waals surface area contributed by atoms with Gasteiger partial charge in [-0.05, 0) is 70.9 Å². The topological polar surface area (TPSA) is 105 Å². The highest BCUT2D eigenvalue weighted by Crippen LogP contribution is 2.34. The van der Waals surface area contributed by atoms with Crippen LogP contribution in [0.1, 0.15) is 38.8 Å². The van der Waals surface area contributed by atoms with Crippen LogP contribution in [0.15, 0.2) is 77.7 Å². The molecule has 1 N–H and O–H groups in total. The summed E-state index contributed by atoms with van der Waals surface area (Å²) in [5.74, 6) is -0.126. The third-order valence-electron chi connectivity index (χ3n) is 6.69. The molecule has 42 heavy (non-hydrogen) atoms. The molecule has 3 rings (SSSR count). The van der Waals surface area contributed by atoms with E-state index in [-0.39, 0.29) is 23.0 Å². The van der Waals surface area contributed by atoms with Crippen molar-refractivity contribution < 1.29 is 27.5 Å². The minimum absolute atomic E-state index is 0.0324. The van der Waals surface area contributed by atoms with Gasteiger partial charge in [-0.2, -0.15) is 0 Å². The van der Waals surface area contributed by atoms with Gasteiger partial charge in [0.25, 0.3) is 10.0 Å². The molecular formula is C32H41N3O6S. The van der Waals surface area contributed by atoms with Gasteiger partial charge in [-0.3, -0.25) is 13.9 Å². The van der Waals surface area contributed by atoms with E-state index in [9.17, 15) is 18.0 Å². The molecule has 0 spiro atoms. The smallest absolute Gasteiger partial charge is 0.264 e. The van der Waals surface area contributed by atoms with E-state index in [1.165, 1.54) is 37.3 Å². The average Bonchev–Trinajstić information content (AvgIpc) is 2.95. The fourth-order valence-corrected chi connectivity index (χ4v) is 5.80. The summed E-state index contributed by atoms with van der Waals surface area (Å²) in [6, 6.07) is 19.8. The van der Waals surface area contributed by atoms with Crippen molar-refractivity contribution in [1.29, 1.82) is 0 Å². The van der Waals surface area contributed by atoms with Crippen molar-refractivity contribution in [3.63, 3.8) is 0 Å². The van der Waals surface area contributed by atoms with Crippen molar-refractivity contribution >= 4 is 27.5 Å². The SMILES string of the molecule is COc1ccc(N(CC(=O)N(CCc2ccccc2)C(C)C(=O)NC(C)(C)C)S(=O)(=O)c2ccc(C)cc2)cc1OC. The van der Waals surface area contributed by atoms with Crippen LogP contribution in [0.3, 0.4) is 0 Å². The molecule has 10 heteroatoms. The molecule has 0 aromatic heterocycles. The molecule has 226 valence electrons. The number of hydrogen-bond acceptors (Lipinski definition) is 6. The molecule has 0 saturated carbocycles. The van der Waals surface area contributed by atoms with E-state index < -0.39 is 34.1 Å². The third kappa shape index (κ3) is 8.25. The molecule has 0 fully saturated rings. The first-order valence-corrected chi connectivity index (χ1v) is 15.2. The molecule has 0 saturated heterocycles. The van der Waals surface area contributed by atoms with Gasteiger partial charge in [-0.15, -0.1) is 0 Å². The minimum Gasteiger partial charge on any atom is -0.493 e. The van der Waals surface area contributed by atoms with Crippen LogP contribution < -0.4 is 19.1 Å². The zero-order valence-corrected chi connectivity index (χ0v) is 26.2. The molecule has 9 nitrogen and oxygen atoms in total. The van der Waals surface area contributed by atoms with Gasteiger partial charge in [-0.1, -0.05) is 48.0 Å². The Hall–Kier alpha value is -4.05. The Balaban J connectivity index is 2.05. The fraction of sp³-hybridized carbons (Fsp3) is 0.375. The standard InChI is InChI=1S/C32H41N3O6S/c1-23-13-16-27(17-14-23)42(38,39)35(26-15-18-28(40-6)29(21-26)41-7)22-30(36)34(20-19-25-11-9-8-10-12-25)24(2)31(37)33-32(3,4)5/h8-18,21,24H,19-20,22H2,1-7H3,(H,33,37). The summed E-state index contributed by atoms with van der Waals surface area (Å²) in [6.07, 6.45) is 0.487. The summed E-state index contributed by atoms with van der Waals surface area (Å²) in [5, 5.41) is 2.93. The molecule has 2 amide bonds. The summed E-state index contributed by atoms with van der Waals surface area (Å²) in [6.45, 7) is 8.78. The van der Waals surface area contributed by atoms with Gasteiger partial charge >= 0.3 is 0 Å². The van der Waals surface area contributed by atoms with E-state index in [2.05, 4.69) is 5.32 Å². The van der Waals surface area contributed by atoms with Crippen LogP contribution in [0.5, 0.6) is 11.5 Å². The molecule has 0 aliphatic carbocycles. The number of methoxy groups -OCH3 is 2. The number of amides is 2. The van der Waals surface area contributed by atoms with Gasteiger partial charge in [0.05, 0.1) is 24.8 Å². The Labute approximate surface area is 249 Å². The van der Waals surface area contributed by atoms with Crippen LogP contribution in [0.2, 0.25) is 0 Å². The second-order valence-corrected chi connectivity index (χ2v) is 13.0. The zero-order chi connectivity index (χ0) is 31.1. The Morgan fingerprint density at radius 2 is 1.52 bits per heavy atom. The van der Waals surface area contributed by atoms with E-state index in [0.29, 0.717) is 17.9 Å². The second kappa shape index (κ2) is 13.7. The van der Waals surface area contributed by atoms with Crippen LogP contribution in [0.4, 0.5) is 5.69 Å². The third-order valence-corrected chi connectivity index (χ3v) is 8.48. The van der Waals surface area contributed by atoms with Crippen molar-refractivity contribution in [3.8, 4) is 11.5 Å². The number of ether oxygens (including phenoxy) is 2. The number of aryl methyl sites for hydroxylation is 1. The number of sulfonamides is 1. The first kappa shape index (κ1) is 32.5. The van der Waals surface area contributed by atoms with Gasteiger partial charge in [0.2, 0.25) is 11.8 Å². The molecular weight excluding hydrogens is 554 g/mol. The van der Waals surface area contributed by atoms with Gasteiger partial charge < -0.3 is 19.7 Å². The second-order valence-electron chi connectivity index (χ2n) is 11.1. The van der Waals surface area contributed by atoms with Crippen molar-refractivity contribution in [2.75, 3.05) is 31.6 Å². The molecule has 0 heterocycles. The van der Waals surface area contributed by atoms with Crippen LogP contribution in [-0.2, 0) is 26.0 Å². The number of benzene rings is 3. The van der Waals surface area contributed by atoms with Crippen molar-refractivity contribution in [3.05, 3.63) is 83.9 Å². The van der Waals surface area contributed by atoms with Gasteiger partial charge in [0.1, 0.15) is 12.6 Å². The number of carbonyl (C=O) groups excluding carboxylic acids is 2. The van der Waals surface area contributed by atoms with Crippen LogP contribution in [0.25, 0.3) is 0 Å². The number of nitrogens with zero attached hydrogens (tertiary/aromatic N) is 2. The van der Waals surface area contributed by atoms with E-state index in [0.717, 1.165) is 15.4 Å². The highest BCUT2D eigenvalue weighted by atomic mass is 32.2. The maximum absolute atomic E-state index is 14.1. The number of anilines is 1. The summed E-state index contributed by atoms with van der Waals surface area (Å²) >= 11 is 0. The van der Waals surface area contributed by atoms with E-state index in [4.69, 9.17) is 9.47 Å². The molecule has 0 aliphatic heterocycles. The molecule has 3 aromatic carbocycles. The fourth-order valence-electron chi connectivity index (χ4n) is 4.39. The Morgan fingerprint density at radius 1 is 0.905 bits per heavy atom. The molecule has 0 aliphatic rings. The number of rotatable bonds is 12. The van der Waals surface area contributed by atoms with Crippen LogP contribution >= 0.6 is 0 Å². The highest BCUT2D eigenvalue weighted by Gasteiger charge is 2.33. The lowest BCUT2D eigenvalue weighted by molar-refractivity contribution is -0.139. The summed E-state index contributed by atoms with van der Waals surface area (Å²) in [7, 11) is -1.26. The first-order valence-electron chi connectivity index (χ1n) is 13.7. The average molecular weight is 596 g/mol. The van der Waals surface area contributed by atoms with Crippen molar-refractivity contribution in [1.82, 2.24) is 10.2 Å². The summed E-state index contributed by atoms with van der Waals surface area (Å²) < 4.78 is 39.9. The summed E-state index contributed by atoms with van der Waals surface area (Å²) in [5.41, 5.74) is 1.59. The van der Waals surface area contributed by atoms with Crippen molar-refractivity contribution in [2.24, 2.45) is 0 Å². The molecule has 1 unspecified atom stereocenters. The quantitative estimate of drug-likeness (QED) is 0.329. The molecule has 0 bridgehead atoms. The zero-order valence-electron chi connectivity index (χ0n) is 25.4. The largest absolute Gasteiger partial charge is 0.493 e. The molecule has 0 radical (unpaired) electrons. The number of carbonyl (C=O) groups is 2. The van der Waals surface area contributed by atoms with Gasteiger partial charge in [0, 0.05) is 18.2 Å². The predicted molar refractivity (Wildman–Crippen MR) is 164 cm³/mol. The minimum atomic E-state index is -4.20. The van der Waals surface area contributed by atoms with Crippen LogP contribution in [0, 0.1) is 6.92 Å². The van der Waals surface area contributed by atoms with Crippen molar-refractivity contribution in [2.45, 2.75) is 57.5 Å². The van der Waals surface area contributed by atoms with Crippen LogP contribution in [-0.4, -0.2) is 64.0 Å². The molecule has 1 atom stereocenters. The normalized spacial score (nSPS) is 12.3. The first-order chi connectivity index (χ1) is 19.8. The monoisotopic (exact) mass is 595 g/mol. The Morgan fingerprint density at radius 3 is 2.10 bits per heavy atom. The lowest BCUT2D eigenvalue weighted by Gasteiger charge is -2.33. The maximum atomic E-state index is 14.1. The number of hydrogen-bond donors (Lipinski definition) is 1. The van der Waals surface area contributed by atoms with Gasteiger partial charge in [-0.25, -0.2) is 8.42 Å². The van der Waals surface area contributed by atoms with E-state index in [1.54, 1.807) is 31.2 Å².